The average molecular weight is 328 g/mol. The molecule has 1 saturated heterocycles. The van der Waals surface area contributed by atoms with Gasteiger partial charge in [0.05, 0.1) is 11.0 Å². The molecule has 3 rings (SSSR count). The van der Waals surface area contributed by atoms with Crippen LogP contribution in [-0.2, 0) is 17.8 Å². The van der Waals surface area contributed by atoms with Gasteiger partial charge in [-0.2, -0.15) is 0 Å². The van der Waals surface area contributed by atoms with Crippen molar-refractivity contribution in [2.45, 2.75) is 46.6 Å². The fraction of sp³-hybridized carbons (Fsp3) is 0.579. The third-order valence-corrected chi connectivity index (χ3v) is 4.94. The van der Waals surface area contributed by atoms with E-state index in [1.807, 2.05) is 4.90 Å². The standard InChI is InChI=1S/C19H28N4O/c1-4-5-18-21-16-12-14(2)15(3)13-17(16)23(18)9-6-19(24)22-10-7-20-8-11-22/h12-13,20H,4-11H2,1-3H3. The summed E-state index contributed by atoms with van der Waals surface area (Å²) in [7, 11) is 0. The number of nitrogens with one attached hydrogen (secondary N) is 1. The Kier molecular flexibility index (Phi) is 5.19. The van der Waals surface area contributed by atoms with Gasteiger partial charge in [0.2, 0.25) is 5.91 Å². The smallest absolute Gasteiger partial charge is 0.224 e. The maximum Gasteiger partial charge on any atom is 0.224 e. The summed E-state index contributed by atoms with van der Waals surface area (Å²) in [5.74, 6) is 1.36. The Morgan fingerprint density at radius 2 is 1.92 bits per heavy atom. The Balaban J connectivity index is 1.82. The summed E-state index contributed by atoms with van der Waals surface area (Å²) in [6, 6.07) is 4.38. The Bertz CT molecular complexity index is 729. The van der Waals surface area contributed by atoms with E-state index in [2.05, 4.69) is 42.8 Å². The van der Waals surface area contributed by atoms with Gasteiger partial charge in [-0.15, -0.1) is 0 Å². The molecule has 2 heterocycles. The van der Waals surface area contributed by atoms with Gasteiger partial charge in [0.1, 0.15) is 5.82 Å². The van der Waals surface area contributed by atoms with Crippen LogP contribution < -0.4 is 5.32 Å². The molecule has 1 N–H and O–H groups in total. The number of hydrogen-bond donors (Lipinski definition) is 1. The molecule has 0 atom stereocenters. The Morgan fingerprint density at radius 3 is 2.62 bits per heavy atom. The predicted octanol–water partition coefficient (Wildman–Crippen LogP) is 2.43. The minimum Gasteiger partial charge on any atom is -0.340 e. The van der Waals surface area contributed by atoms with E-state index in [-0.39, 0.29) is 5.91 Å². The summed E-state index contributed by atoms with van der Waals surface area (Å²) in [4.78, 5) is 19.3. The number of benzene rings is 1. The molecule has 5 nitrogen and oxygen atoms in total. The average Bonchev–Trinajstić information content (AvgIpc) is 2.90. The van der Waals surface area contributed by atoms with E-state index in [4.69, 9.17) is 4.98 Å². The SMILES string of the molecule is CCCc1nc2cc(C)c(C)cc2n1CCC(=O)N1CCNCC1. The van der Waals surface area contributed by atoms with E-state index < -0.39 is 0 Å². The molecule has 0 spiro atoms. The van der Waals surface area contributed by atoms with Crippen LogP contribution in [0, 0.1) is 13.8 Å². The zero-order chi connectivity index (χ0) is 17.1. The lowest BCUT2D eigenvalue weighted by atomic mass is 10.1. The van der Waals surface area contributed by atoms with Crippen molar-refractivity contribution in [1.82, 2.24) is 19.8 Å². The van der Waals surface area contributed by atoms with Gasteiger partial charge in [-0.1, -0.05) is 6.92 Å². The van der Waals surface area contributed by atoms with Crippen LogP contribution in [0.1, 0.15) is 36.7 Å². The first-order valence-corrected chi connectivity index (χ1v) is 9.05. The van der Waals surface area contributed by atoms with E-state index in [0.29, 0.717) is 6.42 Å². The van der Waals surface area contributed by atoms with Crippen molar-refractivity contribution in [3.63, 3.8) is 0 Å². The van der Waals surface area contributed by atoms with Gasteiger partial charge >= 0.3 is 0 Å². The Morgan fingerprint density at radius 1 is 1.21 bits per heavy atom. The number of rotatable bonds is 5. The maximum absolute atomic E-state index is 12.5. The fourth-order valence-electron chi connectivity index (χ4n) is 3.37. The molecule has 1 amide bonds. The van der Waals surface area contributed by atoms with Crippen molar-refractivity contribution in [2.75, 3.05) is 26.2 Å². The number of fused-ring (bicyclic) bond motifs is 1. The summed E-state index contributed by atoms with van der Waals surface area (Å²) in [5.41, 5.74) is 4.76. The molecule has 130 valence electrons. The van der Waals surface area contributed by atoms with Crippen LogP contribution in [0.5, 0.6) is 0 Å². The third kappa shape index (κ3) is 3.46. The van der Waals surface area contributed by atoms with Crippen LogP contribution >= 0.6 is 0 Å². The van der Waals surface area contributed by atoms with Gasteiger partial charge in [-0.3, -0.25) is 4.79 Å². The van der Waals surface area contributed by atoms with Gasteiger partial charge in [-0.05, 0) is 43.5 Å². The van der Waals surface area contributed by atoms with Crippen LogP contribution in [0.2, 0.25) is 0 Å². The summed E-state index contributed by atoms with van der Waals surface area (Å²) < 4.78 is 2.26. The number of aromatic nitrogens is 2. The number of carbonyl (C=O) groups excluding carboxylic acids is 1. The van der Waals surface area contributed by atoms with E-state index in [9.17, 15) is 4.79 Å². The number of amides is 1. The monoisotopic (exact) mass is 328 g/mol. The van der Waals surface area contributed by atoms with E-state index in [1.54, 1.807) is 0 Å². The van der Waals surface area contributed by atoms with Crippen LogP contribution in [0.15, 0.2) is 12.1 Å². The van der Waals surface area contributed by atoms with E-state index in [0.717, 1.165) is 62.4 Å². The van der Waals surface area contributed by atoms with Crippen molar-refractivity contribution in [1.29, 1.82) is 0 Å². The lowest BCUT2D eigenvalue weighted by molar-refractivity contribution is -0.131. The molecule has 0 saturated carbocycles. The number of piperazine rings is 1. The van der Waals surface area contributed by atoms with Crippen molar-refractivity contribution in [3.8, 4) is 0 Å². The van der Waals surface area contributed by atoms with Gasteiger partial charge in [0.15, 0.2) is 0 Å². The molecular weight excluding hydrogens is 300 g/mol. The highest BCUT2D eigenvalue weighted by Gasteiger charge is 2.18. The minimum atomic E-state index is 0.254. The summed E-state index contributed by atoms with van der Waals surface area (Å²) in [5, 5.41) is 3.29. The number of nitrogens with zero attached hydrogens (tertiary/aromatic N) is 3. The molecule has 0 radical (unpaired) electrons. The molecule has 24 heavy (non-hydrogen) atoms. The van der Waals surface area contributed by atoms with Crippen LogP contribution in [0.4, 0.5) is 0 Å². The molecule has 0 bridgehead atoms. The van der Waals surface area contributed by atoms with Crippen molar-refractivity contribution in [3.05, 3.63) is 29.1 Å². The van der Waals surface area contributed by atoms with Crippen LogP contribution in [0.3, 0.4) is 0 Å². The normalized spacial score (nSPS) is 15.2. The molecule has 5 heteroatoms. The largest absolute Gasteiger partial charge is 0.340 e. The Labute approximate surface area is 144 Å². The van der Waals surface area contributed by atoms with E-state index in [1.165, 1.54) is 11.1 Å². The second-order valence-electron chi connectivity index (χ2n) is 6.74. The summed E-state index contributed by atoms with van der Waals surface area (Å²) in [6.07, 6.45) is 2.57. The third-order valence-electron chi connectivity index (χ3n) is 4.94. The molecule has 1 aromatic carbocycles. The van der Waals surface area contributed by atoms with Crippen LogP contribution in [-0.4, -0.2) is 46.5 Å². The molecule has 2 aromatic rings. The minimum absolute atomic E-state index is 0.254. The van der Waals surface area contributed by atoms with Crippen molar-refractivity contribution >= 4 is 16.9 Å². The zero-order valence-corrected chi connectivity index (χ0v) is 15.1. The number of hydrogen-bond acceptors (Lipinski definition) is 3. The molecule has 0 unspecified atom stereocenters. The quantitative estimate of drug-likeness (QED) is 0.917. The topological polar surface area (TPSA) is 50.2 Å². The Hall–Kier alpha value is -1.88. The van der Waals surface area contributed by atoms with Gasteiger partial charge in [0.25, 0.3) is 0 Å². The summed E-state index contributed by atoms with van der Waals surface area (Å²) >= 11 is 0. The van der Waals surface area contributed by atoms with Crippen LogP contribution in [0.25, 0.3) is 11.0 Å². The first kappa shape index (κ1) is 17.0. The first-order chi connectivity index (χ1) is 11.6. The second-order valence-corrected chi connectivity index (χ2v) is 6.74. The molecule has 1 aliphatic rings. The molecular formula is C19H28N4O. The highest BCUT2D eigenvalue weighted by molar-refractivity contribution is 5.79. The lowest BCUT2D eigenvalue weighted by Gasteiger charge is -2.27. The van der Waals surface area contributed by atoms with Gasteiger partial charge in [-0.25, -0.2) is 4.98 Å². The molecule has 1 aromatic heterocycles. The zero-order valence-electron chi connectivity index (χ0n) is 15.1. The highest BCUT2D eigenvalue weighted by Crippen LogP contribution is 2.22. The van der Waals surface area contributed by atoms with Crippen molar-refractivity contribution < 1.29 is 4.79 Å². The number of imidazole rings is 1. The van der Waals surface area contributed by atoms with Gasteiger partial charge < -0.3 is 14.8 Å². The number of aryl methyl sites for hydroxylation is 4. The molecule has 1 aliphatic heterocycles. The lowest BCUT2D eigenvalue weighted by Crippen LogP contribution is -2.46. The highest BCUT2D eigenvalue weighted by atomic mass is 16.2. The second kappa shape index (κ2) is 7.34. The maximum atomic E-state index is 12.5. The van der Waals surface area contributed by atoms with E-state index >= 15 is 0 Å². The fourth-order valence-corrected chi connectivity index (χ4v) is 3.37. The first-order valence-electron chi connectivity index (χ1n) is 9.05. The van der Waals surface area contributed by atoms with Crippen molar-refractivity contribution in [2.24, 2.45) is 0 Å². The molecule has 1 fully saturated rings. The predicted molar refractivity (Wildman–Crippen MR) is 97.3 cm³/mol. The molecule has 0 aliphatic carbocycles. The number of carbonyl (C=O) groups is 1. The van der Waals surface area contributed by atoms with Gasteiger partial charge in [0, 0.05) is 45.6 Å². The summed E-state index contributed by atoms with van der Waals surface area (Å²) in [6.45, 7) is 10.6.